The number of carbonyl (C=O) groups excluding carboxylic acids is 2. The molecule has 4 nitrogen and oxygen atoms in total. The van der Waals surface area contributed by atoms with Crippen molar-refractivity contribution in [3.05, 3.63) is 71.8 Å². The van der Waals surface area contributed by atoms with Gasteiger partial charge in [-0.2, -0.15) is 0 Å². The van der Waals surface area contributed by atoms with Crippen molar-refractivity contribution in [2.75, 3.05) is 0 Å². The fourth-order valence-corrected chi connectivity index (χ4v) is 3.16. The Morgan fingerprint density at radius 1 is 0.957 bits per heavy atom. The van der Waals surface area contributed by atoms with Crippen LogP contribution in [0.4, 0.5) is 0 Å². The highest BCUT2D eigenvalue weighted by Crippen LogP contribution is 2.58. The second-order valence-corrected chi connectivity index (χ2v) is 5.85. The third kappa shape index (κ3) is 2.84. The van der Waals surface area contributed by atoms with Crippen molar-refractivity contribution in [1.82, 2.24) is 10.9 Å². The molecule has 0 radical (unpaired) electrons. The van der Waals surface area contributed by atoms with Crippen LogP contribution in [-0.4, -0.2) is 11.8 Å². The summed E-state index contributed by atoms with van der Waals surface area (Å²) in [6.45, 7) is 1.75. The molecule has 1 saturated carbocycles. The lowest BCUT2D eigenvalue weighted by Gasteiger charge is -2.19. The Labute approximate surface area is 135 Å². The molecule has 2 N–H and O–H groups in total. The smallest absolute Gasteiger partial charge is 0.242 e. The molecule has 118 valence electrons. The maximum absolute atomic E-state index is 12.5. The number of hydrazine groups is 1. The molecule has 23 heavy (non-hydrogen) atoms. The van der Waals surface area contributed by atoms with Crippen molar-refractivity contribution in [1.29, 1.82) is 0 Å². The van der Waals surface area contributed by atoms with Gasteiger partial charge in [0.25, 0.3) is 0 Å². The predicted octanol–water partition coefficient (Wildman–Crippen LogP) is 2.55. The zero-order valence-electron chi connectivity index (χ0n) is 13.1. The quantitative estimate of drug-likeness (QED) is 0.853. The van der Waals surface area contributed by atoms with E-state index in [1.54, 1.807) is 6.92 Å². The monoisotopic (exact) mass is 308 g/mol. The molecule has 0 heterocycles. The summed E-state index contributed by atoms with van der Waals surface area (Å²) < 4.78 is 0. The summed E-state index contributed by atoms with van der Waals surface area (Å²) in [6, 6.07) is 20.2. The molecule has 1 aliphatic rings. The van der Waals surface area contributed by atoms with Crippen molar-refractivity contribution >= 4 is 11.8 Å². The first-order valence-corrected chi connectivity index (χ1v) is 7.88. The highest BCUT2D eigenvalue weighted by Gasteiger charge is 2.60. The van der Waals surface area contributed by atoms with Gasteiger partial charge in [-0.15, -0.1) is 0 Å². The van der Waals surface area contributed by atoms with Gasteiger partial charge in [-0.3, -0.25) is 20.4 Å². The summed E-state index contributed by atoms with van der Waals surface area (Å²) in [5, 5.41) is 0. The topological polar surface area (TPSA) is 58.2 Å². The third-order valence-electron chi connectivity index (χ3n) is 4.50. The van der Waals surface area contributed by atoms with Gasteiger partial charge in [-0.05, 0) is 17.5 Å². The first-order chi connectivity index (χ1) is 11.2. The lowest BCUT2D eigenvalue weighted by molar-refractivity contribution is -0.129. The summed E-state index contributed by atoms with van der Waals surface area (Å²) in [5.41, 5.74) is 6.97. The minimum absolute atomic E-state index is 0.139. The van der Waals surface area contributed by atoms with Crippen LogP contribution in [0.5, 0.6) is 0 Å². The first kappa shape index (κ1) is 15.3. The minimum atomic E-state index is -0.302. The molecule has 0 bridgehead atoms. The lowest BCUT2D eigenvalue weighted by Crippen LogP contribution is -2.43. The van der Waals surface area contributed by atoms with Crippen molar-refractivity contribution < 1.29 is 9.59 Å². The van der Waals surface area contributed by atoms with Crippen LogP contribution in [0.3, 0.4) is 0 Å². The molecule has 0 spiro atoms. The molecule has 1 fully saturated rings. The largest absolute Gasteiger partial charge is 0.273 e. The second kappa shape index (κ2) is 6.24. The number of amides is 2. The molecule has 1 atom stereocenters. The zero-order chi connectivity index (χ0) is 16.3. The maximum Gasteiger partial charge on any atom is 0.242 e. The Balaban J connectivity index is 1.86. The molecule has 0 aliphatic heterocycles. The van der Waals surface area contributed by atoms with Gasteiger partial charge in [-0.25, -0.2) is 0 Å². The van der Waals surface area contributed by atoms with Gasteiger partial charge in [0.2, 0.25) is 11.8 Å². The van der Waals surface area contributed by atoms with Gasteiger partial charge in [0, 0.05) is 11.8 Å². The minimum Gasteiger partial charge on any atom is -0.273 e. The number of rotatable bonds is 4. The van der Waals surface area contributed by atoms with Crippen molar-refractivity contribution in [3.8, 4) is 0 Å². The van der Waals surface area contributed by atoms with E-state index in [4.69, 9.17) is 0 Å². The molecule has 1 unspecified atom stereocenters. The molecule has 2 aromatic carbocycles. The van der Waals surface area contributed by atoms with Crippen LogP contribution < -0.4 is 10.9 Å². The van der Waals surface area contributed by atoms with Gasteiger partial charge in [-0.1, -0.05) is 67.6 Å². The highest BCUT2D eigenvalue weighted by molar-refractivity contribution is 5.88. The van der Waals surface area contributed by atoms with Crippen LogP contribution in [0.1, 0.15) is 30.9 Å². The number of hydrogen-bond acceptors (Lipinski definition) is 2. The maximum atomic E-state index is 12.5. The fraction of sp³-hybridized carbons (Fsp3) is 0.263. The van der Waals surface area contributed by atoms with Gasteiger partial charge in [0.05, 0.1) is 5.92 Å². The first-order valence-electron chi connectivity index (χ1n) is 7.88. The number of benzene rings is 2. The fourth-order valence-electron chi connectivity index (χ4n) is 3.16. The van der Waals surface area contributed by atoms with Crippen LogP contribution >= 0.6 is 0 Å². The van der Waals surface area contributed by atoms with E-state index in [1.165, 1.54) is 0 Å². The highest BCUT2D eigenvalue weighted by atomic mass is 16.2. The second-order valence-electron chi connectivity index (χ2n) is 5.85. The Morgan fingerprint density at radius 2 is 1.48 bits per heavy atom. The van der Waals surface area contributed by atoms with E-state index < -0.39 is 0 Å². The van der Waals surface area contributed by atoms with E-state index in [-0.39, 0.29) is 23.1 Å². The molecule has 1 aliphatic carbocycles. The Hall–Kier alpha value is -2.62. The normalized spacial score (nSPS) is 18.0. The van der Waals surface area contributed by atoms with Crippen LogP contribution in [0.15, 0.2) is 60.7 Å². The summed E-state index contributed by atoms with van der Waals surface area (Å²) in [7, 11) is 0. The average molecular weight is 308 g/mol. The van der Waals surface area contributed by atoms with Crippen LogP contribution in [-0.2, 0) is 15.0 Å². The Kier molecular flexibility index (Phi) is 4.15. The molecule has 0 saturated heterocycles. The van der Waals surface area contributed by atoms with Crippen LogP contribution in [0.25, 0.3) is 0 Å². The Morgan fingerprint density at radius 3 is 1.96 bits per heavy atom. The van der Waals surface area contributed by atoms with Gasteiger partial charge in [0.1, 0.15) is 0 Å². The number of hydrogen-bond donors (Lipinski definition) is 2. The van der Waals surface area contributed by atoms with Crippen LogP contribution in [0, 0.1) is 5.92 Å². The molecular formula is C19H20N2O2. The molecule has 0 aromatic heterocycles. The van der Waals surface area contributed by atoms with E-state index in [9.17, 15) is 9.59 Å². The summed E-state index contributed by atoms with van der Waals surface area (Å²) in [4.78, 5) is 23.8. The number of nitrogens with one attached hydrogen (secondary N) is 2. The van der Waals surface area contributed by atoms with Gasteiger partial charge < -0.3 is 0 Å². The van der Waals surface area contributed by atoms with Gasteiger partial charge >= 0.3 is 0 Å². The van der Waals surface area contributed by atoms with E-state index in [1.807, 2.05) is 36.4 Å². The molecular weight excluding hydrogens is 288 g/mol. The molecule has 3 rings (SSSR count). The zero-order valence-corrected chi connectivity index (χ0v) is 13.1. The van der Waals surface area contributed by atoms with E-state index in [0.29, 0.717) is 6.42 Å². The van der Waals surface area contributed by atoms with Crippen molar-refractivity contribution in [3.63, 3.8) is 0 Å². The number of carbonyl (C=O) groups is 2. The average Bonchev–Trinajstić information content (AvgIpc) is 3.38. The summed E-state index contributed by atoms with van der Waals surface area (Å²) in [5.74, 6) is -0.506. The van der Waals surface area contributed by atoms with E-state index in [2.05, 4.69) is 35.1 Å². The third-order valence-corrected chi connectivity index (χ3v) is 4.50. The van der Waals surface area contributed by atoms with E-state index in [0.717, 1.165) is 17.5 Å². The SMILES string of the molecule is CCC(=O)NNC(=O)C1CC1(c1ccccc1)c1ccccc1. The van der Waals surface area contributed by atoms with Crippen molar-refractivity contribution in [2.45, 2.75) is 25.2 Å². The predicted molar refractivity (Wildman–Crippen MR) is 88.3 cm³/mol. The standard InChI is InChI=1S/C19H20N2O2/c1-2-17(22)20-21-18(23)16-13-19(16,14-9-5-3-6-10-14)15-11-7-4-8-12-15/h3-12,16H,2,13H2,1H3,(H,20,22)(H,21,23). The lowest BCUT2D eigenvalue weighted by atomic mass is 9.85. The van der Waals surface area contributed by atoms with Crippen molar-refractivity contribution in [2.24, 2.45) is 5.92 Å². The summed E-state index contributed by atoms with van der Waals surface area (Å²) >= 11 is 0. The molecule has 2 aromatic rings. The van der Waals surface area contributed by atoms with E-state index >= 15 is 0 Å². The van der Waals surface area contributed by atoms with Crippen LogP contribution in [0.2, 0.25) is 0 Å². The molecule has 4 heteroatoms. The van der Waals surface area contributed by atoms with Gasteiger partial charge in [0.15, 0.2) is 0 Å². The molecule has 2 amide bonds. The summed E-state index contributed by atoms with van der Waals surface area (Å²) in [6.07, 6.45) is 1.09. The Bertz CT molecular complexity index is 658.